The summed E-state index contributed by atoms with van der Waals surface area (Å²) in [5.41, 5.74) is -0.0238. The number of hydrogen-bond acceptors (Lipinski definition) is 5. The molecule has 0 spiro atoms. The lowest BCUT2D eigenvalue weighted by Crippen LogP contribution is -2.46. The maximum absolute atomic E-state index is 13.2. The summed E-state index contributed by atoms with van der Waals surface area (Å²) in [4.78, 5) is 12.6. The predicted molar refractivity (Wildman–Crippen MR) is 103 cm³/mol. The molecule has 1 atom stereocenters. The van der Waals surface area contributed by atoms with Crippen molar-refractivity contribution in [3.63, 3.8) is 0 Å². The summed E-state index contributed by atoms with van der Waals surface area (Å²) in [6, 6.07) is 4.68. The second-order valence-corrected chi connectivity index (χ2v) is 9.90. The standard InChI is InChI=1S/C19H30N2O5S/c1-19(2,3)13-20-18(22)14-7-6-10-21(12-14)27(23,24)17-11-15(25-4)8-9-16(17)26-5/h8-9,11,14H,6-7,10,12-13H2,1-5H3,(H,20,22). The van der Waals surface area contributed by atoms with Crippen LogP contribution in [0, 0.1) is 11.3 Å². The molecule has 0 saturated carbocycles. The number of amides is 1. The number of piperidine rings is 1. The van der Waals surface area contributed by atoms with Gasteiger partial charge in [-0.05, 0) is 30.4 Å². The number of hydrogen-bond donors (Lipinski definition) is 1. The van der Waals surface area contributed by atoms with Crippen LogP contribution < -0.4 is 14.8 Å². The van der Waals surface area contributed by atoms with Crippen LogP contribution in [0.1, 0.15) is 33.6 Å². The van der Waals surface area contributed by atoms with E-state index in [0.717, 1.165) is 0 Å². The number of rotatable bonds is 6. The van der Waals surface area contributed by atoms with Crippen LogP contribution in [0.4, 0.5) is 0 Å². The van der Waals surface area contributed by atoms with E-state index in [1.807, 2.05) is 20.8 Å². The van der Waals surface area contributed by atoms with Crippen molar-refractivity contribution in [3.8, 4) is 11.5 Å². The van der Waals surface area contributed by atoms with Gasteiger partial charge in [0, 0.05) is 25.7 Å². The van der Waals surface area contributed by atoms with Gasteiger partial charge in [-0.25, -0.2) is 8.42 Å². The third-order valence-corrected chi connectivity index (χ3v) is 6.42. The second-order valence-electron chi connectivity index (χ2n) is 8.00. The van der Waals surface area contributed by atoms with E-state index in [4.69, 9.17) is 9.47 Å². The van der Waals surface area contributed by atoms with Crippen LogP contribution in [-0.2, 0) is 14.8 Å². The number of benzene rings is 1. The van der Waals surface area contributed by atoms with Gasteiger partial charge in [0.1, 0.15) is 16.4 Å². The van der Waals surface area contributed by atoms with E-state index < -0.39 is 10.0 Å². The Balaban J connectivity index is 2.20. The summed E-state index contributed by atoms with van der Waals surface area (Å²) >= 11 is 0. The average molecular weight is 399 g/mol. The SMILES string of the molecule is COc1ccc(OC)c(S(=O)(=O)N2CCCC(C(=O)NCC(C)(C)C)C2)c1. The van der Waals surface area contributed by atoms with Gasteiger partial charge >= 0.3 is 0 Å². The van der Waals surface area contributed by atoms with Crippen LogP contribution >= 0.6 is 0 Å². The van der Waals surface area contributed by atoms with Gasteiger partial charge in [-0.15, -0.1) is 0 Å². The van der Waals surface area contributed by atoms with Crippen LogP contribution in [0.15, 0.2) is 23.1 Å². The Morgan fingerprint density at radius 1 is 1.26 bits per heavy atom. The molecule has 0 aromatic heterocycles. The first-order valence-corrected chi connectivity index (χ1v) is 10.5. The molecular weight excluding hydrogens is 368 g/mol. The molecule has 1 aromatic carbocycles. The summed E-state index contributed by atoms with van der Waals surface area (Å²) in [5, 5.41) is 2.94. The molecule has 1 aliphatic heterocycles. The van der Waals surface area contributed by atoms with Crippen LogP contribution in [-0.4, -0.2) is 52.5 Å². The molecule has 7 nitrogen and oxygen atoms in total. The zero-order valence-corrected chi connectivity index (χ0v) is 17.6. The van der Waals surface area contributed by atoms with Gasteiger partial charge in [-0.1, -0.05) is 20.8 Å². The second kappa shape index (κ2) is 8.48. The fourth-order valence-electron chi connectivity index (χ4n) is 3.00. The molecule has 1 heterocycles. The van der Waals surface area contributed by atoms with Crippen molar-refractivity contribution in [2.75, 3.05) is 33.9 Å². The molecule has 8 heteroatoms. The fourth-order valence-corrected chi connectivity index (χ4v) is 4.69. The van der Waals surface area contributed by atoms with Crippen LogP contribution in [0.25, 0.3) is 0 Å². The Morgan fingerprint density at radius 3 is 2.56 bits per heavy atom. The summed E-state index contributed by atoms with van der Waals surface area (Å²) in [5.74, 6) is 0.246. The van der Waals surface area contributed by atoms with Crippen LogP contribution in [0.3, 0.4) is 0 Å². The largest absolute Gasteiger partial charge is 0.497 e. The summed E-state index contributed by atoms with van der Waals surface area (Å²) < 4.78 is 38.1. The molecule has 1 fully saturated rings. The average Bonchev–Trinajstić information content (AvgIpc) is 2.65. The minimum atomic E-state index is -3.80. The van der Waals surface area contributed by atoms with Crippen molar-refractivity contribution < 1.29 is 22.7 Å². The molecule has 0 bridgehead atoms. The molecule has 1 unspecified atom stereocenters. The lowest BCUT2D eigenvalue weighted by Gasteiger charge is -2.32. The Morgan fingerprint density at radius 2 is 1.96 bits per heavy atom. The van der Waals surface area contributed by atoms with Crippen LogP contribution in [0.2, 0.25) is 0 Å². The predicted octanol–water partition coefficient (Wildman–Crippen LogP) is 2.27. The number of carbonyl (C=O) groups is 1. The lowest BCUT2D eigenvalue weighted by atomic mass is 9.95. The summed E-state index contributed by atoms with van der Waals surface area (Å²) in [6.45, 7) is 7.23. The first-order valence-electron chi connectivity index (χ1n) is 9.08. The highest BCUT2D eigenvalue weighted by Crippen LogP contribution is 2.32. The van der Waals surface area contributed by atoms with Gasteiger partial charge in [-0.2, -0.15) is 4.31 Å². The highest BCUT2D eigenvalue weighted by molar-refractivity contribution is 7.89. The zero-order valence-electron chi connectivity index (χ0n) is 16.7. The fraction of sp³-hybridized carbons (Fsp3) is 0.632. The number of methoxy groups -OCH3 is 2. The molecule has 1 aliphatic rings. The van der Waals surface area contributed by atoms with Gasteiger partial charge in [0.2, 0.25) is 15.9 Å². The van der Waals surface area contributed by atoms with Crippen molar-refractivity contribution in [2.24, 2.45) is 11.3 Å². The van der Waals surface area contributed by atoms with Crippen molar-refractivity contribution in [2.45, 2.75) is 38.5 Å². The molecule has 2 rings (SSSR count). The highest BCUT2D eigenvalue weighted by Gasteiger charge is 2.35. The number of ether oxygens (including phenoxy) is 2. The highest BCUT2D eigenvalue weighted by atomic mass is 32.2. The van der Waals surface area contributed by atoms with E-state index in [0.29, 0.717) is 31.7 Å². The molecule has 0 radical (unpaired) electrons. The first kappa shape index (κ1) is 21.5. The van der Waals surface area contributed by atoms with E-state index in [-0.39, 0.29) is 34.4 Å². The maximum atomic E-state index is 13.2. The molecule has 0 aliphatic carbocycles. The normalized spacial score (nSPS) is 18.8. The molecule has 1 aromatic rings. The maximum Gasteiger partial charge on any atom is 0.246 e. The first-order chi connectivity index (χ1) is 12.6. The monoisotopic (exact) mass is 398 g/mol. The lowest BCUT2D eigenvalue weighted by molar-refractivity contribution is -0.126. The van der Waals surface area contributed by atoms with Crippen molar-refractivity contribution in [1.82, 2.24) is 9.62 Å². The van der Waals surface area contributed by atoms with Gasteiger partial charge in [0.05, 0.1) is 20.1 Å². The smallest absolute Gasteiger partial charge is 0.246 e. The van der Waals surface area contributed by atoms with Gasteiger partial charge in [0.15, 0.2) is 0 Å². The Hall–Kier alpha value is -1.80. The van der Waals surface area contributed by atoms with Gasteiger partial charge in [-0.3, -0.25) is 4.79 Å². The van der Waals surface area contributed by atoms with E-state index in [1.165, 1.54) is 24.6 Å². The number of sulfonamides is 1. The molecule has 152 valence electrons. The number of nitrogens with zero attached hydrogens (tertiary/aromatic N) is 1. The molecule has 1 saturated heterocycles. The third kappa shape index (κ3) is 5.35. The molecule has 1 amide bonds. The quantitative estimate of drug-likeness (QED) is 0.795. The molecular formula is C19H30N2O5S. The molecule has 27 heavy (non-hydrogen) atoms. The van der Waals surface area contributed by atoms with E-state index in [9.17, 15) is 13.2 Å². The van der Waals surface area contributed by atoms with Crippen molar-refractivity contribution in [1.29, 1.82) is 0 Å². The third-order valence-electron chi connectivity index (χ3n) is 4.54. The molecule has 1 N–H and O–H groups in total. The Labute approximate surface area is 162 Å². The minimum Gasteiger partial charge on any atom is -0.497 e. The topological polar surface area (TPSA) is 84.9 Å². The zero-order chi connectivity index (χ0) is 20.2. The van der Waals surface area contributed by atoms with Gasteiger partial charge in [0.25, 0.3) is 0 Å². The van der Waals surface area contributed by atoms with E-state index in [2.05, 4.69) is 5.32 Å². The van der Waals surface area contributed by atoms with Gasteiger partial charge < -0.3 is 14.8 Å². The van der Waals surface area contributed by atoms with E-state index in [1.54, 1.807) is 12.1 Å². The van der Waals surface area contributed by atoms with Crippen molar-refractivity contribution in [3.05, 3.63) is 18.2 Å². The number of carbonyl (C=O) groups excluding carboxylic acids is 1. The summed E-state index contributed by atoms with van der Waals surface area (Å²) in [6.07, 6.45) is 1.32. The minimum absolute atomic E-state index is 0.0238. The summed E-state index contributed by atoms with van der Waals surface area (Å²) in [7, 11) is -0.888. The van der Waals surface area contributed by atoms with Crippen molar-refractivity contribution >= 4 is 15.9 Å². The van der Waals surface area contributed by atoms with Crippen LogP contribution in [0.5, 0.6) is 11.5 Å². The Bertz CT molecular complexity index is 771. The van der Waals surface area contributed by atoms with E-state index >= 15 is 0 Å². The Kier molecular flexibility index (Phi) is 6.75. The number of nitrogens with one attached hydrogen (secondary N) is 1.